The molecule has 0 spiro atoms. The molecular formula is C33H31F2N3O5S. The third kappa shape index (κ3) is 6.14. The van der Waals surface area contributed by atoms with Gasteiger partial charge >= 0.3 is 5.97 Å². The van der Waals surface area contributed by atoms with E-state index in [0.717, 1.165) is 23.4 Å². The zero-order valence-corrected chi connectivity index (χ0v) is 25.7. The normalized spacial score (nSPS) is 14.6. The maximum atomic E-state index is 14.1. The van der Waals surface area contributed by atoms with Crippen LogP contribution >= 0.6 is 11.3 Å². The van der Waals surface area contributed by atoms with E-state index in [1.165, 1.54) is 29.1 Å². The average molecular weight is 620 g/mol. The number of methoxy groups -OCH3 is 1. The summed E-state index contributed by atoms with van der Waals surface area (Å²) in [5.41, 5.74) is 3.46. The highest BCUT2D eigenvalue weighted by molar-refractivity contribution is 7.07. The van der Waals surface area contributed by atoms with Gasteiger partial charge in [0.25, 0.3) is 5.56 Å². The highest BCUT2D eigenvalue weighted by Gasteiger charge is 2.33. The van der Waals surface area contributed by atoms with Crippen molar-refractivity contribution in [2.45, 2.75) is 26.5 Å². The summed E-state index contributed by atoms with van der Waals surface area (Å²) in [7, 11) is 5.37. The molecule has 1 unspecified atom stereocenters. The molecule has 0 bridgehead atoms. The fraction of sp³-hybridized carbons (Fsp3) is 0.242. The highest BCUT2D eigenvalue weighted by Crippen LogP contribution is 2.32. The van der Waals surface area contributed by atoms with Crippen LogP contribution in [0.3, 0.4) is 0 Å². The van der Waals surface area contributed by atoms with Crippen molar-refractivity contribution < 1.29 is 27.8 Å². The third-order valence-corrected chi connectivity index (χ3v) is 8.10. The Kier molecular flexibility index (Phi) is 8.96. The van der Waals surface area contributed by atoms with Crippen LogP contribution in [0.4, 0.5) is 14.5 Å². The molecule has 2 heterocycles. The first-order valence-corrected chi connectivity index (χ1v) is 14.6. The second-order valence-electron chi connectivity index (χ2n) is 10.2. The second kappa shape index (κ2) is 12.8. The van der Waals surface area contributed by atoms with Crippen molar-refractivity contribution in [1.82, 2.24) is 4.57 Å². The quantitative estimate of drug-likeness (QED) is 0.252. The van der Waals surface area contributed by atoms with Crippen LogP contribution in [0.2, 0.25) is 0 Å². The van der Waals surface area contributed by atoms with Crippen molar-refractivity contribution in [2.24, 2.45) is 4.99 Å². The Hall–Kier alpha value is -4.77. The molecule has 0 radical (unpaired) electrons. The van der Waals surface area contributed by atoms with Gasteiger partial charge in [-0.05, 0) is 67.4 Å². The van der Waals surface area contributed by atoms with Crippen molar-refractivity contribution >= 4 is 29.1 Å². The van der Waals surface area contributed by atoms with Gasteiger partial charge in [-0.15, -0.1) is 0 Å². The SMILES string of the molecule is CCOC(=O)C1=C(C)N=c2s/c(=C/c3ccc(OC)c(COc4ccc(F)cc4F)c3)c(=O)n2C1c1ccc(N(C)C)cc1. The van der Waals surface area contributed by atoms with E-state index in [-0.39, 0.29) is 24.5 Å². The van der Waals surface area contributed by atoms with Gasteiger partial charge in [-0.25, -0.2) is 18.6 Å². The van der Waals surface area contributed by atoms with E-state index in [4.69, 9.17) is 14.2 Å². The first-order chi connectivity index (χ1) is 21.1. The van der Waals surface area contributed by atoms with Crippen LogP contribution < -0.4 is 29.3 Å². The number of allylic oxidation sites excluding steroid dienone is 1. The first-order valence-electron chi connectivity index (χ1n) is 13.8. The molecule has 0 fully saturated rings. The van der Waals surface area contributed by atoms with E-state index < -0.39 is 23.6 Å². The molecule has 5 rings (SSSR count). The molecule has 8 nitrogen and oxygen atoms in total. The van der Waals surface area contributed by atoms with Crippen LogP contribution in [0.25, 0.3) is 6.08 Å². The summed E-state index contributed by atoms with van der Waals surface area (Å²) in [6, 6.07) is 15.3. The second-order valence-corrected chi connectivity index (χ2v) is 11.2. The monoisotopic (exact) mass is 619 g/mol. The molecule has 0 saturated heterocycles. The number of aromatic nitrogens is 1. The van der Waals surface area contributed by atoms with Gasteiger partial charge in [-0.3, -0.25) is 9.36 Å². The molecule has 0 amide bonds. The fourth-order valence-corrected chi connectivity index (χ4v) is 6.01. The molecule has 0 N–H and O–H groups in total. The van der Waals surface area contributed by atoms with Gasteiger partial charge in [0.05, 0.1) is 35.6 Å². The van der Waals surface area contributed by atoms with E-state index in [9.17, 15) is 18.4 Å². The summed E-state index contributed by atoms with van der Waals surface area (Å²) < 4.78 is 45.8. The maximum Gasteiger partial charge on any atom is 0.338 e. The predicted octanol–water partition coefficient (Wildman–Crippen LogP) is 4.73. The van der Waals surface area contributed by atoms with Gasteiger partial charge in [-0.2, -0.15) is 0 Å². The summed E-state index contributed by atoms with van der Waals surface area (Å²) in [5, 5.41) is 0. The van der Waals surface area contributed by atoms with Crippen LogP contribution in [-0.2, 0) is 16.1 Å². The standard InChI is InChI=1S/C33H31F2N3O5S/c1-6-42-32(40)29-19(2)36-33-38(30(29)21-8-11-24(12-9-21)37(3)4)31(39)28(44-33)16-20-7-13-26(41-5)22(15-20)18-43-27-14-10-23(34)17-25(27)35/h7-17,30H,6,18H2,1-5H3/b28-16+. The lowest BCUT2D eigenvalue weighted by atomic mass is 9.95. The van der Waals surface area contributed by atoms with E-state index in [2.05, 4.69) is 4.99 Å². The number of hydrogen-bond donors (Lipinski definition) is 0. The minimum atomic E-state index is -0.815. The topological polar surface area (TPSA) is 82.4 Å². The Morgan fingerprint density at radius 1 is 1.07 bits per heavy atom. The molecule has 1 aromatic heterocycles. The number of anilines is 1. The van der Waals surface area contributed by atoms with Crippen LogP contribution in [-0.4, -0.2) is 38.3 Å². The molecule has 44 heavy (non-hydrogen) atoms. The van der Waals surface area contributed by atoms with Crippen LogP contribution in [0, 0.1) is 11.6 Å². The molecule has 3 aromatic carbocycles. The Labute approximate surface area is 256 Å². The maximum absolute atomic E-state index is 14.1. The molecule has 11 heteroatoms. The largest absolute Gasteiger partial charge is 0.496 e. The van der Waals surface area contributed by atoms with E-state index in [1.54, 1.807) is 38.1 Å². The van der Waals surface area contributed by atoms with Crippen LogP contribution in [0.1, 0.15) is 36.6 Å². The predicted molar refractivity (Wildman–Crippen MR) is 165 cm³/mol. The van der Waals surface area contributed by atoms with Crippen molar-refractivity contribution in [2.75, 3.05) is 32.7 Å². The minimum Gasteiger partial charge on any atom is -0.496 e. The van der Waals surface area contributed by atoms with Crippen LogP contribution in [0.5, 0.6) is 11.5 Å². The van der Waals surface area contributed by atoms with Crippen molar-refractivity contribution in [3.63, 3.8) is 0 Å². The number of thiazole rings is 1. The third-order valence-electron chi connectivity index (χ3n) is 7.12. The number of carbonyl (C=O) groups is 1. The number of halogens is 2. The summed E-state index contributed by atoms with van der Waals surface area (Å²) in [4.78, 5) is 34.2. The van der Waals surface area contributed by atoms with Gasteiger partial charge in [0.15, 0.2) is 16.4 Å². The Bertz CT molecular complexity index is 1930. The smallest absolute Gasteiger partial charge is 0.338 e. The molecule has 0 aliphatic carbocycles. The fourth-order valence-electron chi connectivity index (χ4n) is 4.96. The minimum absolute atomic E-state index is 0.0559. The molecule has 1 atom stereocenters. The van der Waals surface area contributed by atoms with Gasteiger partial charge in [0.1, 0.15) is 18.2 Å². The van der Waals surface area contributed by atoms with Crippen molar-refractivity contribution in [1.29, 1.82) is 0 Å². The summed E-state index contributed by atoms with van der Waals surface area (Å²) in [6.45, 7) is 3.60. The number of ether oxygens (including phenoxy) is 3. The number of fused-ring (bicyclic) bond motifs is 1. The number of hydrogen-bond acceptors (Lipinski definition) is 8. The highest BCUT2D eigenvalue weighted by atomic mass is 32.1. The van der Waals surface area contributed by atoms with Crippen LogP contribution in [0.15, 0.2) is 81.7 Å². The zero-order valence-electron chi connectivity index (χ0n) is 24.9. The Morgan fingerprint density at radius 2 is 1.80 bits per heavy atom. The van der Waals surface area contributed by atoms with Gasteiger partial charge in [-0.1, -0.05) is 29.5 Å². The van der Waals surface area contributed by atoms with Crippen molar-refractivity contribution in [3.05, 3.63) is 120 Å². The number of nitrogens with zero attached hydrogens (tertiary/aromatic N) is 3. The Balaban J connectivity index is 1.57. The van der Waals surface area contributed by atoms with Crippen molar-refractivity contribution in [3.8, 4) is 11.5 Å². The molecule has 228 valence electrons. The zero-order chi connectivity index (χ0) is 31.5. The van der Waals surface area contributed by atoms with E-state index >= 15 is 0 Å². The number of rotatable bonds is 9. The molecule has 4 aromatic rings. The lowest BCUT2D eigenvalue weighted by Crippen LogP contribution is -2.39. The molecule has 1 aliphatic rings. The van der Waals surface area contributed by atoms with Gasteiger partial charge < -0.3 is 19.1 Å². The molecule has 0 saturated carbocycles. The van der Waals surface area contributed by atoms with E-state index in [1.807, 2.05) is 43.3 Å². The Morgan fingerprint density at radius 3 is 2.45 bits per heavy atom. The van der Waals surface area contributed by atoms with Gasteiger partial charge in [0, 0.05) is 31.4 Å². The van der Waals surface area contributed by atoms with E-state index in [0.29, 0.717) is 37.5 Å². The number of esters is 1. The molecule has 1 aliphatic heterocycles. The summed E-state index contributed by atoms with van der Waals surface area (Å²) >= 11 is 1.21. The lowest BCUT2D eigenvalue weighted by molar-refractivity contribution is -0.139. The van der Waals surface area contributed by atoms with Gasteiger partial charge in [0.2, 0.25) is 0 Å². The lowest BCUT2D eigenvalue weighted by Gasteiger charge is -2.25. The summed E-state index contributed by atoms with van der Waals surface area (Å²) in [6.07, 6.45) is 1.72. The first kappa shape index (κ1) is 30.7. The summed E-state index contributed by atoms with van der Waals surface area (Å²) in [5.74, 6) is -1.64. The average Bonchev–Trinajstić information content (AvgIpc) is 3.30. The number of benzene rings is 3. The number of carbonyl (C=O) groups excluding carboxylic acids is 1. The molecular weight excluding hydrogens is 588 g/mol.